The first kappa shape index (κ1) is 16.0. The van der Waals surface area contributed by atoms with Gasteiger partial charge in [0.15, 0.2) is 0 Å². The smallest absolute Gasteiger partial charge is 0.335 e. The quantitative estimate of drug-likeness (QED) is 0.593. The molecule has 0 aliphatic heterocycles. The van der Waals surface area contributed by atoms with E-state index in [2.05, 4.69) is 6.92 Å². The van der Waals surface area contributed by atoms with E-state index in [4.69, 9.17) is 10.8 Å². The van der Waals surface area contributed by atoms with Crippen molar-refractivity contribution in [2.24, 2.45) is 0 Å². The number of nitrogen functional groups attached to an aromatic ring is 1. The van der Waals surface area contributed by atoms with Crippen LogP contribution in [0.3, 0.4) is 0 Å². The van der Waals surface area contributed by atoms with Gasteiger partial charge >= 0.3 is 5.97 Å². The Labute approximate surface area is 119 Å². The van der Waals surface area contributed by atoms with Crippen molar-refractivity contribution in [2.75, 3.05) is 17.2 Å². The maximum absolute atomic E-state index is 12.2. The number of rotatable bonds is 7. The lowest BCUT2D eigenvalue weighted by Gasteiger charge is -2.23. The van der Waals surface area contributed by atoms with Gasteiger partial charge < -0.3 is 15.7 Å². The standard InChI is InChI=1S/C15H22N2O3/c1-3-5-6-7-14(18)17(4-2)13-9-8-11(15(19)20)10-12(13)16/h8-10H,3-7,16H2,1-2H3,(H,19,20). The van der Waals surface area contributed by atoms with Gasteiger partial charge in [0.2, 0.25) is 5.91 Å². The zero-order valence-electron chi connectivity index (χ0n) is 12.1. The molecule has 0 aliphatic rings. The number of carbonyl (C=O) groups is 2. The monoisotopic (exact) mass is 278 g/mol. The number of anilines is 2. The summed E-state index contributed by atoms with van der Waals surface area (Å²) in [6.45, 7) is 4.48. The average molecular weight is 278 g/mol. The Kier molecular flexibility index (Phi) is 6.03. The lowest BCUT2D eigenvalue weighted by atomic mass is 10.1. The highest BCUT2D eigenvalue weighted by Gasteiger charge is 2.17. The number of carboxylic acid groups (broad SMARTS) is 1. The summed E-state index contributed by atoms with van der Waals surface area (Å²) in [5, 5.41) is 8.91. The highest BCUT2D eigenvalue weighted by atomic mass is 16.4. The minimum Gasteiger partial charge on any atom is -0.478 e. The summed E-state index contributed by atoms with van der Waals surface area (Å²) in [5.74, 6) is -1.00. The third kappa shape index (κ3) is 3.98. The zero-order chi connectivity index (χ0) is 15.1. The molecule has 0 unspecified atom stereocenters. The van der Waals surface area contributed by atoms with E-state index in [0.29, 0.717) is 24.3 Å². The van der Waals surface area contributed by atoms with Gasteiger partial charge in [0.1, 0.15) is 0 Å². The maximum Gasteiger partial charge on any atom is 0.335 e. The summed E-state index contributed by atoms with van der Waals surface area (Å²) in [6, 6.07) is 4.45. The van der Waals surface area contributed by atoms with Gasteiger partial charge in [0.25, 0.3) is 0 Å². The lowest BCUT2D eigenvalue weighted by Crippen LogP contribution is -2.31. The van der Waals surface area contributed by atoms with E-state index in [1.165, 1.54) is 12.1 Å². The van der Waals surface area contributed by atoms with Crippen LogP contribution in [0.1, 0.15) is 49.9 Å². The van der Waals surface area contributed by atoms with Crippen LogP contribution in [0, 0.1) is 0 Å². The van der Waals surface area contributed by atoms with E-state index in [1.807, 2.05) is 6.92 Å². The van der Waals surface area contributed by atoms with Gasteiger partial charge in [-0.1, -0.05) is 19.8 Å². The minimum absolute atomic E-state index is 0.0238. The summed E-state index contributed by atoms with van der Waals surface area (Å²) < 4.78 is 0. The number of unbranched alkanes of at least 4 members (excludes halogenated alkanes) is 2. The topological polar surface area (TPSA) is 83.6 Å². The summed E-state index contributed by atoms with van der Waals surface area (Å²) in [6.07, 6.45) is 3.44. The molecule has 0 bridgehead atoms. The zero-order valence-corrected chi connectivity index (χ0v) is 12.1. The number of nitrogens with zero attached hydrogens (tertiary/aromatic N) is 1. The first-order valence-corrected chi connectivity index (χ1v) is 6.94. The molecule has 0 atom stereocenters. The molecule has 0 heterocycles. The normalized spacial score (nSPS) is 10.3. The molecule has 0 saturated heterocycles. The second-order valence-electron chi connectivity index (χ2n) is 4.67. The number of carbonyl (C=O) groups excluding carboxylic acids is 1. The van der Waals surface area contributed by atoms with Crippen LogP contribution in [0.15, 0.2) is 18.2 Å². The molecule has 0 saturated carbocycles. The molecule has 1 aromatic carbocycles. The second kappa shape index (κ2) is 7.53. The number of amides is 1. The van der Waals surface area contributed by atoms with Crippen molar-refractivity contribution in [3.63, 3.8) is 0 Å². The first-order chi connectivity index (χ1) is 9.51. The fraction of sp³-hybridized carbons (Fsp3) is 0.467. The molecule has 0 radical (unpaired) electrons. The van der Waals surface area contributed by atoms with Gasteiger partial charge in [0.05, 0.1) is 16.9 Å². The van der Waals surface area contributed by atoms with Crippen LogP contribution in [0.5, 0.6) is 0 Å². The molecule has 110 valence electrons. The van der Waals surface area contributed by atoms with Crippen molar-refractivity contribution < 1.29 is 14.7 Å². The van der Waals surface area contributed by atoms with Crippen molar-refractivity contribution in [3.8, 4) is 0 Å². The van der Waals surface area contributed by atoms with Crippen molar-refractivity contribution in [1.82, 2.24) is 0 Å². The predicted molar refractivity (Wildman–Crippen MR) is 80.0 cm³/mol. The van der Waals surface area contributed by atoms with Gasteiger partial charge in [0, 0.05) is 13.0 Å². The van der Waals surface area contributed by atoms with Gasteiger partial charge in [-0.2, -0.15) is 0 Å². The van der Waals surface area contributed by atoms with Gasteiger partial charge in [-0.3, -0.25) is 4.79 Å². The third-order valence-corrected chi connectivity index (χ3v) is 3.18. The molecule has 5 heteroatoms. The molecule has 3 N–H and O–H groups in total. The van der Waals surface area contributed by atoms with E-state index in [-0.39, 0.29) is 11.5 Å². The van der Waals surface area contributed by atoms with Crippen molar-refractivity contribution >= 4 is 23.3 Å². The summed E-state index contributed by atoms with van der Waals surface area (Å²) in [7, 11) is 0. The molecule has 20 heavy (non-hydrogen) atoms. The number of aromatic carboxylic acids is 1. The Morgan fingerprint density at radius 2 is 1.95 bits per heavy atom. The Morgan fingerprint density at radius 1 is 1.25 bits per heavy atom. The number of benzene rings is 1. The fourth-order valence-electron chi connectivity index (χ4n) is 2.08. The van der Waals surface area contributed by atoms with Crippen LogP contribution >= 0.6 is 0 Å². The maximum atomic E-state index is 12.2. The predicted octanol–water partition coefficient (Wildman–Crippen LogP) is 2.90. The Morgan fingerprint density at radius 3 is 2.45 bits per heavy atom. The molecule has 1 rings (SSSR count). The third-order valence-electron chi connectivity index (χ3n) is 3.18. The molecule has 5 nitrogen and oxygen atoms in total. The van der Waals surface area contributed by atoms with E-state index < -0.39 is 5.97 Å². The average Bonchev–Trinajstić information content (AvgIpc) is 2.41. The molecular weight excluding hydrogens is 256 g/mol. The summed E-state index contributed by atoms with van der Waals surface area (Å²) >= 11 is 0. The Bertz CT molecular complexity index is 486. The molecule has 0 aliphatic carbocycles. The van der Waals surface area contributed by atoms with Crippen molar-refractivity contribution in [2.45, 2.75) is 39.5 Å². The Balaban J connectivity index is 2.89. The van der Waals surface area contributed by atoms with E-state index in [1.54, 1.807) is 11.0 Å². The summed E-state index contributed by atoms with van der Waals surface area (Å²) in [4.78, 5) is 24.7. The summed E-state index contributed by atoms with van der Waals surface area (Å²) in [5.41, 5.74) is 6.89. The van der Waals surface area contributed by atoms with Crippen LogP contribution < -0.4 is 10.6 Å². The van der Waals surface area contributed by atoms with E-state index in [0.717, 1.165) is 19.3 Å². The first-order valence-electron chi connectivity index (χ1n) is 6.94. The Hall–Kier alpha value is -2.04. The van der Waals surface area contributed by atoms with E-state index >= 15 is 0 Å². The molecule has 1 aromatic rings. The number of carboxylic acids is 1. The molecule has 0 aromatic heterocycles. The molecule has 0 spiro atoms. The van der Waals surface area contributed by atoms with Crippen LogP contribution in [0.25, 0.3) is 0 Å². The highest BCUT2D eigenvalue weighted by Crippen LogP contribution is 2.25. The van der Waals surface area contributed by atoms with Crippen LogP contribution in [-0.4, -0.2) is 23.5 Å². The molecule has 1 amide bonds. The van der Waals surface area contributed by atoms with Crippen molar-refractivity contribution in [3.05, 3.63) is 23.8 Å². The van der Waals surface area contributed by atoms with Crippen molar-refractivity contribution in [1.29, 1.82) is 0 Å². The van der Waals surface area contributed by atoms with Crippen LogP contribution in [0.4, 0.5) is 11.4 Å². The molecule has 0 fully saturated rings. The highest BCUT2D eigenvalue weighted by molar-refractivity contribution is 5.98. The van der Waals surface area contributed by atoms with Crippen LogP contribution in [0.2, 0.25) is 0 Å². The molecular formula is C15H22N2O3. The number of hydrogen-bond donors (Lipinski definition) is 2. The van der Waals surface area contributed by atoms with Gasteiger partial charge in [-0.25, -0.2) is 4.79 Å². The fourth-order valence-corrected chi connectivity index (χ4v) is 2.08. The SMILES string of the molecule is CCCCCC(=O)N(CC)c1ccc(C(=O)O)cc1N. The second-order valence-corrected chi connectivity index (χ2v) is 4.67. The van der Waals surface area contributed by atoms with Gasteiger partial charge in [-0.05, 0) is 31.5 Å². The lowest BCUT2D eigenvalue weighted by molar-refractivity contribution is -0.118. The van der Waals surface area contributed by atoms with Crippen LogP contribution in [-0.2, 0) is 4.79 Å². The van der Waals surface area contributed by atoms with E-state index in [9.17, 15) is 9.59 Å². The number of hydrogen-bond acceptors (Lipinski definition) is 3. The number of nitrogens with two attached hydrogens (primary N) is 1. The van der Waals surface area contributed by atoms with Gasteiger partial charge in [-0.15, -0.1) is 0 Å². The largest absolute Gasteiger partial charge is 0.478 e. The minimum atomic E-state index is -1.03.